The summed E-state index contributed by atoms with van der Waals surface area (Å²) in [6.07, 6.45) is 0. The topological polar surface area (TPSA) is 102 Å². The highest BCUT2D eigenvalue weighted by Gasteiger charge is 2.27. The number of nitrogens with zero attached hydrogens (tertiary/aromatic N) is 5. The van der Waals surface area contributed by atoms with Gasteiger partial charge in [0, 0.05) is 38.3 Å². The fourth-order valence-corrected chi connectivity index (χ4v) is 2.83. The van der Waals surface area contributed by atoms with E-state index in [9.17, 15) is 14.9 Å². The molecule has 0 bridgehead atoms. The fraction of sp³-hybridized carbons (Fsp3) is 0.353. The van der Waals surface area contributed by atoms with Crippen LogP contribution in [0.25, 0.3) is 0 Å². The second kappa shape index (κ2) is 7.77. The number of benzene rings is 1. The van der Waals surface area contributed by atoms with Crippen LogP contribution in [0.5, 0.6) is 5.88 Å². The molecule has 1 amide bonds. The van der Waals surface area contributed by atoms with Crippen LogP contribution in [0.3, 0.4) is 0 Å². The molecule has 3 rings (SSSR count). The lowest BCUT2D eigenvalue weighted by Crippen LogP contribution is -2.49. The summed E-state index contributed by atoms with van der Waals surface area (Å²) in [5.41, 5.74) is -0.0517. The summed E-state index contributed by atoms with van der Waals surface area (Å²) in [5.74, 6) is 0.863. The van der Waals surface area contributed by atoms with Gasteiger partial charge in [-0.1, -0.05) is 12.1 Å². The molecule has 1 saturated heterocycles. The summed E-state index contributed by atoms with van der Waals surface area (Å²) in [4.78, 5) is 26.9. The van der Waals surface area contributed by atoms with E-state index in [1.54, 1.807) is 23.1 Å². The maximum absolute atomic E-state index is 12.6. The lowest BCUT2D eigenvalue weighted by molar-refractivity contribution is -0.385. The SMILES string of the molecule is CCOc1ccc(N2CCN(C(=O)c3ccccc3[N+](=O)[O-])CC2)nn1. The van der Waals surface area contributed by atoms with E-state index in [-0.39, 0.29) is 17.2 Å². The highest BCUT2D eigenvalue weighted by molar-refractivity contribution is 5.98. The van der Waals surface area contributed by atoms with Gasteiger partial charge < -0.3 is 14.5 Å². The molecule has 0 radical (unpaired) electrons. The van der Waals surface area contributed by atoms with Crippen LogP contribution in [0.15, 0.2) is 36.4 Å². The Morgan fingerprint density at radius 3 is 2.50 bits per heavy atom. The molecule has 1 aromatic carbocycles. The minimum absolute atomic E-state index is 0.117. The van der Waals surface area contributed by atoms with Crippen molar-refractivity contribution < 1.29 is 14.5 Å². The van der Waals surface area contributed by atoms with Crippen molar-refractivity contribution in [2.24, 2.45) is 0 Å². The molecule has 0 atom stereocenters. The number of para-hydroxylation sites is 1. The van der Waals surface area contributed by atoms with E-state index < -0.39 is 4.92 Å². The number of amides is 1. The molecule has 1 aromatic heterocycles. The lowest BCUT2D eigenvalue weighted by atomic mass is 10.1. The first kappa shape index (κ1) is 17.6. The average molecular weight is 357 g/mol. The summed E-state index contributed by atoms with van der Waals surface area (Å²) in [5, 5.41) is 19.3. The number of piperazine rings is 1. The van der Waals surface area contributed by atoms with Crippen molar-refractivity contribution in [2.45, 2.75) is 6.92 Å². The largest absolute Gasteiger partial charge is 0.477 e. The Morgan fingerprint density at radius 1 is 1.15 bits per heavy atom. The molecule has 9 heteroatoms. The average Bonchev–Trinajstić information content (AvgIpc) is 2.68. The highest BCUT2D eigenvalue weighted by Crippen LogP contribution is 2.21. The van der Waals surface area contributed by atoms with E-state index in [0.29, 0.717) is 44.5 Å². The highest BCUT2D eigenvalue weighted by atomic mass is 16.6. The van der Waals surface area contributed by atoms with Crippen LogP contribution >= 0.6 is 0 Å². The number of rotatable bonds is 5. The molecule has 1 aliphatic heterocycles. The Morgan fingerprint density at radius 2 is 1.88 bits per heavy atom. The van der Waals surface area contributed by atoms with E-state index in [1.165, 1.54) is 12.1 Å². The van der Waals surface area contributed by atoms with Gasteiger partial charge in [-0.2, -0.15) is 0 Å². The summed E-state index contributed by atoms with van der Waals surface area (Å²) >= 11 is 0. The third-order valence-corrected chi connectivity index (χ3v) is 4.14. The molecule has 0 unspecified atom stereocenters. The van der Waals surface area contributed by atoms with Gasteiger partial charge >= 0.3 is 0 Å². The van der Waals surface area contributed by atoms with E-state index in [1.807, 2.05) is 17.9 Å². The van der Waals surface area contributed by atoms with E-state index in [4.69, 9.17) is 4.74 Å². The fourth-order valence-electron chi connectivity index (χ4n) is 2.83. The number of hydrogen-bond acceptors (Lipinski definition) is 7. The molecule has 0 saturated carbocycles. The number of aromatic nitrogens is 2. The predicted molar refractivity (Wildman–Crippen MR) is 94.4 cm³/mol. The second-order valence-electron chi connectivity index (χ2n) is 5.72. The minimum Gasteiger partial charge on any atom is -0.477 e. The summed E-state index contributed by atoms with van der Waals surface area (Å²) in [6.45, 7) is 4.48. The Balaban J connectivity index is 1.65. The van der Waals surface area contributed by atoms with Gasteiger partial charge in [0.1, 0.15) is 5.56 Å². The normalized spacial score (nSPS) is 14.2. The third kappa shape index (κ3) is 3.71. The van der Waals surface area contributed by atoms with E-state index >= 15 is 0 Å². The van der Waals surface area contributed by atoms with Crippen LogP contribution in [-0.4, -0.2) is 58.7 Å². The minimum atomic E-state index is -0.529. The number of nitro groups is 1. The van der Waals surface area contributed by atoms with Gasteiger partial charge in [0.15, 0.2) is 5.82 Å². The number of hydrogen-bond donors (Lipinski definition) is 0. The quantitative estimate of drug-likeness (QED) is 0.593. The molecule has 26 heavy (non-hydrogen) atoms. The molecule has 2 heterocycles. The first-order valence-corrected chi connectivity index (χ1v) is 8.34. The molecular weight excluding hydrogens is 338 g/mol. The molecule has 0 aliphatic carbocycles. The Kier molecular flexibility index (Phi) is 5.26. The molecule has 0 N–H and O–H groups in total. The Bertz CT molecular complexity index is 788. The van der Waals surface area contributed by atoms with Gasteiger partial charge in [0.05, 0.1) is 11.5 Å². The molecular formula is C17H19N5O4. The van der Waals surface area contributed by atoms with Gasteiger partial charge in [0.25, 0.3) is 11.6 Å². The van der Waals surface area contributed by atoms with Crippen molar-refractivity contribution in [1.29, 1.82) is 0 Å². The van der Waals surface area contributed by atoms with Crippen molar-refractivity contribution in [3.63, 3.8) is 0 Å². The first-order valence-electron chi connectivity index (χ1n) is 8.34. The maximum atomic E-state index is 12.6. The number of ether oxygens (including phenoxy) is 1. The summed E-state index contributed by atoms with van der Waals surface area (Å²) in [6, 6.07) is 9.61. The zero-order valence-corrected chi connectivity index (χ0v) is 14.4. The van der Waals surface area contributed by atoms with Gasteiger partial charge in [-0.25, -0.2) is 0 Å². The van der Waals surface area contributed by atoms with Crippen LogP contribution in [0.4, 0.5) is 11.5 Å². The van der Waals surface area contributed by atoms with Crippen LogP contribution in [0, 0.1) is 10.1 Å². The maximum Gasteiger partial charge on any atom is 0.282 e. The zero-order valence-electron chi connectivity index (χ0n) is 14.4. The van der Waals surface area contributed by atoms with Crippen LogP contribution < -0.4 is 9.64 Å². The standard InChI is InChI=1S/C17H19N5O4/c1-2-26-16-8-7-15(18-19-16)20-9-11-21(12-10-20)17(23)13-5-3-4-6-14(13)22(24)25/h3-8H,2,9-12H2,1H3. The van der Waals surface area contributed by atoms with Crippen LogP contribution in [0.2, 0.25) is 0 Å². The molecule has 1 aliphatic rings. The Hall–Kier alpha value is -3.23. The molecule has 9 nitrogen and oxygen atoms in total. The van der Waals surface area contributed by atoms with Crippen LogP contribution in [-0.2, 0) is 0 Å². The number of carbonyl (C=O) groups is 1. The van der Waals surface area contributed by atoms with E-state index in [0.717, 1.165) is 0 Å². The smallest absolute Gasteiger partial charge is 0.282 e. The first-order chi connectivity index (χ1) is 12.6. The Labute approximate surface area is 150 Å². The lowest BCUT2D eigenvalue weighted by Gasteiger charge is -2.35. The molecule has 2 aromatic rings. The third-order valence-electron chi connectivity index (χ3n) is 4.14. The van der Waals surface area contributed by atoms with E-state index in [2.05, 4.69) is 10.2 Å². The number of carbonyl (C=O) groups excluding carboxylic acids is 1. The van der Waals surface area contributed by atoms with Crippen molar-refractivity contribution in [3.8, 4) is 5.88 Å². The predicted octanol–water partition coefficient (Wildman–Crippen LogP) is 1.75. The van der Waals surface area contributed by atoms with Crippen molar-refractivity contribution in [2.75, 3.05) is 37.7 Å². The van der Waals surface area contributed by atoms with Gasteiger partial charge in [-0.15, -0.1) is 10.2 Å². The van der Waals surface area contributed by atoms with Crippen LogP contribution in [0.1, 0.15) is 17.3 Å². The van der Waals surface area contributed by atoms with Crippen molar-refractivity contribution in [1.82, 2.24) is 15.1 Å². The van der Waals surface area contributed by atoms with Gasteiger partial charge in [0.2, 0.25) is 5.88 Å². The molecule has 1 fully saturated rings. The van der Waals surface area contributed by atoms with Gasteiger partial charge in [-0.3, -0.25) is 14.9 Å². The molecule has 136 valence electrons. The number of anilines is 1. The summed E-state index contributed by atoms with van der Waals surface area (Å²) in [7, 11) is 0. The second-order valence-corrected chi connectivity index (χ2v) is 5.72. The summed E-state index contributed by atoms with van der Waals surface area (Å²) < 4.78 is 5.28. The molecule has 0 spiro atoms. The van der Waals surface area contributed by atoms with Gasteiger partial charge in [-0.05, 0) is 19.1 Å². The van der Waals surface area contributed by atoms with Crippen molar-refractivity contribution in [3.05, 3.63) is 52.1 Å². The zero-order chi connectivity index (χ0) is 18.5. The monoisotopic (exact) mass is 357 g/mol. The number of nitro benzene ring substituents is 1. The van der Waals surface area contributed by atoms with Crippen molar-refractivity contribution >= 4 is 17.4 Å².